The van der Waals surface area contributed by atoms with Crippen LogP contribution in [0.2, 0.25) is 0 Å². The van der Waals surface area contributed by atoms with Gasteiger partial charge in [0.15, 0.2) is 0 Å². The smallest absolute Gasteiger partial charge is 0.455 e. The lowest BCUT2D eigenvalue weighted by Crippen LogP contribution is -2.25. The van der Waals surface area contributed by atoms with E-state index >= 15 is 0 Å². The number of rotatable bonds is 10. The summed E-state index contributed by atoms with van der Waals surface area (Å²) in [6.45, 7) is 6.41. The number of carbonyl (C=O) groups excluding carboxylic acids is 2. The van der Waals surface area contributed by atoms with Crippen molar-refractivity contribution in [1.29, 1.82) is 0 Å². The molecule has 0 aromatic heterocycles. The van der Waals surface area contributed by atoms with Gasteiger partial charge in [-0.15, -0.1) is 0 Å². The third-order valence-electron chi connectivity index (χ3n) is 3.59. The van der Waals surface area contributed by atoms with Gasteiger partial charge in [0.05, 0.1) is 12.2 Å². The van der Waals surface area contributed by atoms with E-state index in [4.69, 9.17) is 14.2 Å². The van der Waals surface area contributed by atoms with Crippen LogP contribution in [0, 0.1) is 0 Å². The van der Waals surface area contributed by atoms with Crippen LogP contribution in [-0.2, 0) is 20.6 Å². The van der Waals surface area contributed by atoms with E-state index < -0.39 is 18.2 Å². The van der Waals surface area contributed by atoms with E-state index in [0.29, 0.717) is 18.6 Å². The van der Waals surface area contributed by atoms with E-state index in [1.54, 1.807) is 12.1 Å². The van der Waals surface area contributed by atoms with Crippen molar-refractivity contribution in [2.45, 2.75) is 59.0 Å². The molecule has 1 atom stereocenters. The molecule has 0 bridgehead atoms. The van der Waals surface area contributed by atoms with Gasteiger partial charge < -0.3 is 14.2 Å². The van der Waals surface area contributed by atoms with E-state index in [1.807, 2.05) is 26.0 Å². The molecule has 5 nitrogen and oxygen atoms in total. The monoisotopic (exact) mass is 336 g/mol. The van der Waals surface area contributed by atoms with Crippen LogP contribution in [0.15, 0.2) is 24.3 Å². The van der Waals surface area contributed by atoms with E-state index in [-0.39, 0.29) is 6.61 Å². The zero-order chi connectivity index (χ0) is 17.8. The van der Waals surface area contributed by atoms with Gasteiger partial charge in [0.25, 0.3) is 0 Å². The van der Waals surface area contributed by atoms with Gasteiger partial charge in [0, 0.05) is 0 Å². The third-order valence-corrected chi connectivity index (χ3v) is 3.59. The SMILES string of the molecule is CCCCOC(=O)OCC(CCC)OC(=O)c1ccc(CC)cc1. The molecule has 0 aliphatic heterocycles. The number of hydrogen-bond donors (Lipinski definition) is 0. The van der Waals surface area contributed by atoms with Crippen LogP contribution < -0.4 is 0 Å². The maximum Gasteiger partial charge on any atom is 0.508 e. The van der Waals surface area contributed by atoms with E-state index in [2.05, 4.69) is 6.92 Å². The van der Waals surface area contributed by atoms with Gasteiger partial charge in [-0.1, -0.05) is 45.7 Å². The minimum Gasteiger partial charge on any atom is -0.455 e. The molecular formula is C19H28O5. The van der Waals surface area contributed by atoms with Crippen molar-refractivity contribution in [3.63, 3.8) is 0 Å². The predicted molar refractivity (Wildman–Crippen MR) is 92.1 cm³/mol. The van der Waals surface area contributed by atoms with Gasteiger partial charge >= 0.3 is 12.1 Å². The Bertz CT molecular complexity index is 495. The number of ether oxygens (including phenoxy) is 3. The van der Waals surface area contributed by atoms with Crippen LogP contribution in [-0.4, -0.2) is 31.4 Å². The predicted octanol–water partition coefficient (Wildman–Crippen LogP) is 4.53. The summed E-state index contributed by atoms with van der Waals surface area (Å²) < 4.78 is 15.4. The number of aryl methyl sites for hydroxylation is 1. The zero-order valence-electron chi connectivity index (χ0n) is 14.9. The molecule has 0 amide bonds. The molecule has 1 rings (SSSR count). The standard InChI is InChI=1S/C19H28O5/c1-4-7-13-22-19(21)23-14-17(8-5-2)24-18(20)16-11-9-15(6-3)10-12-16/h9-12,17H,4-8,13-14H2,1-3H3. The minimum absolute atomic E-state index is 0.0115. The first-order valence-electron chi connectivity index (χ1n) is 8.70. The van der Waals surface area contributed by atoms with Gasteiger partial charge in [-0.25, -0.2) is 9.59 Å². The van der Waals surface area contributed by atoms with Crippen LogP contribution >= 0.6 is 0 Å². The molecule has 5 heteroatoms. The van der Waals surface area contributed by atoms with Crippen molar-refractivity contribution in [1.82, 2.24) is 0 Å². The fraction of sp³-hybridized carbons (Fsp3) is 0.579. The Kier molecular flexibility index (Phi) is 9.58. The summed E-state index contributed by atoms with van der Waals surface area (Å²) in [5.41, 5.74) is 1.66. The highest BCUT2D eigenvalue weighted by molar-refractivity contribution is 5.89. The molecule has 1 aromatic rings. The summed E-state index contributed by atoms with van der Waals surface area (Å²) >= 11 is 0. The first-order chi connectivity index (χ1) is 11.6. The quantitative estimate of drug-likeness (QED) is 0.464. The van der Waals surface area contributed by atoms with Crippen molar-refractivity contribution in [3.8, 4) is 0 Å². The first-order valence-corrected chi connectivity index (χ1v) is 8.70. The third kappa shape index (κ3) is 7.49. The van der Waals surface area contributed by atoms with Gasteiger partial charge in [-0.2, -0.15) is 0 Å². The number of benzene rings is 1. The van der Waals surface area contributed by atoms with Gasteiger partial charge in [-0.3, -0.25) is 0 Å². The maximum atomic E-state index is 12.2. The normalized spacial score (nSPS) is 11.6. The Hall–Kier alpha value is -2.04. The van der Waals surface area contributed by atoms with E-state index in [9.17, 15) is 9.59 Å². The number of esters is 1. The molecule has 0 aliphatic rings. The largest absolute Gasteiger partial charge is 0.508 e. The second-order valence-corrected chi connectivity index (χ2v) is 5.63. The lowest BCUT2D eigenvalue weighted by atomic mass is 10.1. The molecule has 1 aromatic carbocycles. The molecule has 134 valence electrons. The molecule has 24 heavy (non-hydrogen) atoms. The van der Waals surface area contributed by atoms with Crippen LogP contribution in [0.3, 0.4) is 0 Å². The molecular weight excluding hydrogens is 308 g/mol. The van der Waals surface area contributed by atoms with E-state index in [0.717, 1.165) is 31.2 Å². The summed E-state index contributed by atoms with van der Waals surface area (Å²) in [4.78, 5) is 23.7. The average Bonchev–Trinajstić information content (AvgIpc) is 2.60. The topological polar surface area (TPSA) is 61.8 Å². The molecule has 0 N–H and O–H groups in total. The summed E-state index contributed by atoms with van der Waals surface area (Å²) in [6, 6.07) is 7.33. The number of unbranched alkanes of at least 4 members (excludes halogenated alkanes) is 1. The Morgan fingerprint density at radius 3 is 2.29 bits per heavy atom. The summed E-state index contributed by atoms with van der Waals surface area (Å²) in [5.74, 6) is -0.404. The molecule has 0 saturated carbocycles. The summed E-state index contributed by atoms with van der Waals surface area (Å²) in [5, 5.41) is 0. The maximum absolute atomic E-state index is 12.2. The molecule has 0 spiro atoms. The second-order valence-electron chi connectivity index (χ2n) is 5.63. The van der Waals surface area contributed by atoms with Crippen LogP contribution in [0.5, 0.6) is 0 Å². The molecule has 0 radical (unpaired) electrons. The van der Waals surface area contributed by atoms with Crippen LogP contribution in [0.25, 0.3) is 0 Å². The minimum atomic E-state index is -0.715. The Morgan fingerprint density at radius 2 is 1.71 bits per heavy atom. The first kappa shape index (κ1) is 20.0. The second kappa shape index (κ2) is 11.5. The molecule has 0 heterocycles. The highest BCUT2D eigenvalue weighted by atomic mass is 16.7. The molecule has 0 saturated heterocycles. The van der Waals surface area contributed by atoms with Crippen molar-refractivity contribution >= 4 is 12.1 Å². The number of hydrogen-bond acceptors (Lipinski definition) is 5. The van der Waals surface area contributed by atoms with Crippen molar-refractivity contribution in [2.75, 3.05) is 13.2 Å². The Labute approximate surface area is 144 Å². The molecule has 1 unspecified atom stereocenters. The van der Waals surface area contributed by atoms with Gasteiger partial charge in [0.1, 0.15) is 12.7 Å². The average molecular weight is 336 g/mol. The fourth-order valence-electron chi connectivity index (χ4n) is 2.10. The molecule has 0 fully saturated rings. The van der Waals surface area contributed by atoms with Crippen molar-refractivity contribution in [2.24, 2.45) is 0 Å². The number of carbonyl (C=O) groups is 2. The lowest BCUT2D eigenvalue weighted by molar-refractivity contribution is -0.00926. The highest BCUT2D eigenvalue weighted by Crippen LogP contribution is 2.11. The van der Waals surface area contributed by atoms with Gasteiger partial charge in [-0.05, 0) is 37.0 Å². The Morgan fingerprint density at radius 1 is 1.00 bits per heavy atom. The highest BCUT2D eigenvalue weighted by Gasteiger charge is 2.18. The van der Waals surface area contributed by atoms with E-state index in [1.165, 1.54) is 0 Å². The Balaban J connectivity index is 2.48. The van der Waals surface area contributed by atoms with Crippen molar-refractivity contribution in [3.05, 3.63) is 35.4 Å². The zero-order valence-corrected chi connectivity index (χ0v) is 14.9. The van der Waals surface area contributed by atoms with Crippen LogP contribution in [0.1, 0.15) is 62.4 Å². The molecule has 0 aliphatic carbocycles. The van der Waals surface area contributed by atoms with Crippen LogP contribution in [0.4, 0.5) is 4.79 Å². The van der Waals surface area contributed by atoms with Gasteiger partial charge in [0.2, 0.25) is 0 Å². The van der Waals surface area contributed by atoms with Crippen molar-refractivity contribution < 1.29 is 23.8 Å². The fourth-order valence-corrected chi connectivity index (χ4v) is 2.10. The summed E-state index contributed by atoms with van der Waals surface area (Å²) in [7, 11) is 0. The lowest BCUT2D eigenvalue weighted by Gasteiger charge is -2.17. The summed E-state index contributed by atoms with van der Waals surface area (Å²) in [6.07, 6.45) is 2.93.